The summed E-state index contributed by atoms with van der Waals surface area (Å²) in [6, 6.07) is 6.98. The van der Waals surface area contributed by atoms with Gasteiger partial charge in [-0.25, -0.2) is 0 Å². The second kappa shape index (κ2) is 5.42. The SMILES string of the molecule is COCCN(C=O)C(=O)c1noc2ccccc12. The van der Waals surface area contributed by atoms with Crippen LogP contribution in [0.1, 0.15) is 10.5 Å². The van der Waals surface area contributed by atoms with Gasteiger partial charge in [0.05, 0.1) is 18.5 Å². The molecule has 1 heterocycles. The zero-order chi connectivity index (χ0) is 13.0. The van der Waals surface area contributed by atoms with Crippen LogP contribution in [0, 0.1) is 0 Å². The van der Waals surface area contributed by atoms with Crippen LogP contribution in [0.5, 0.6) is 0 Å². The molecule has 1 aromatic heterocycles. The number of carbonyl (C=O) groups excluding carboxylic acids is 2. The van der Waals surface area contributed by atoms with E-state index in [0.29, 0.717) is 17.4 Å². The highest BCUT2D eigenvalue weighted by molar-refractivity contribution is 6.07. The van der Waals surface area contributed by atoms with Crippen molar-refractivity contribution in [3.8, 4) is 0 Å². The number of methoxy groups -OCH3 is 1. The van der Waals surface area contributed by atoms with Gasteiger partial charge in [-0.05, 0) is 12.1 Å². The van der Waals surface area contributed by atoms with Crippen LogP contribution in [0.15, 0.2) is 28.8 Å². The lowest BCUT2D eigenvalue weighted by Crippen LogP contribution is -2.32. The van der Waals surface area contributed by atoms with Crippen LogP contribution in [0.3, 0.4) is 0 Å². The van der Waals surface area contributed by atoms with E-state index in [9.17, 15) is 9.59 Å². The van der Waals surface area contributed by atoms with Gasteiger partial charge in [0.2, 0.25) is 6.41 Å². The van der Waals surface area contributed by atoms with E-state index in [2.05, 4.69) is 5.16 Å². The first-order valence-corrected chi connectivity index (χ1v) is 5.37. The normalized spacial score (nSPS) is 10.5. The van der Waals surface area contributed by atoms with Crippen molar-refractivity contribution in [2.24, 2.45) is 0 Å². The minimum Gasteiger partial charge on any atom is -0.383 e. The zero-order valence-corrected chi connectivity index (χ0v) is 9.83. The summed E-state index contributed by atoms with van der Waals surface area (Å²) in [5.74, 6) is -0.494. The monoisotopic (exact) mass is 248 g/mol. The quantitative estimate of drug-likeness (QED) is 0.740. The highest BCUT2D eigenvalue weighted by Crippen LogP contribution is 2.18. The molecule has 0 N–H and O–H groups in total. The molecule has 2 rings (SSSR count). The van der Waals surface area contributed by atoms with E-state index in [1.807, 2.05) is 0 Å². The number of aromatic nitrogens is 1. The van der Waals surface area contributed by atoms with Gasteiger partial charge in [-0.1, -0.05) is 17.3 Å². The number of para-hydroxylation sites is 1. The van der Waals surface area contributed by atoms with Gasteiger partial charge in [0.15, 0.2) is 11.3 Å². The van der Waals surface area contributed by atoms with Gasteiger partial charge in [0, 0.05) is 7.11 Å². The number of amides is 2. The molecule has 0 radical (unpaired) electrons. The Balaban J connectivity index is 2.29. The molecule has 0 aliphatic heterocycles. The smallest absolute Gasteiger partial charge is 0.283 e. The molecule has 0 saturated carbocycles. The van der Waals surface area contributed by atoms with Crippen LogP contribution in [0.2, 0.25) is 0 Å². The van der Waals surface area contributed by atoms with E-state index in [1.54, 1.807) is 24.3 Å². The van der Waals surface area contributed by atoms with Gasteiger partial charge < -0.3 is 9.26 Å². The minimum atomic E-state index is -0.494. The van der Waals surface area contributed by atoms with Crippen molar-refractivity contribution in [1.29, 1.82) is 0 Å². The molecule has 0 aliphatic rings. The predicted molar refractivity (Wildman–Crippen MR) is 63.0 cm³/mol. The van der Waals surface area contributed by atoms with Crippen LogP contribution < -0.4 is 0 Å². The third kappa shape index (κ3) is 2.23. The van der Waals surface area contributed by atoms with Crippen LogP contribution in [0.4, 0.5) is 0 Å². The van der Waals surface area contributed by atoms with E-state index in [-0.39, 0.29) is 18.8 Å². The molecule has 0 spiro atoms. The number of nitrogens with zero attached hydrogens (tertiary/aromatic N) is 2. The van der Waals surface area contributed by atoms with Crippen LogP contribution in [-0.4, -0.2) is 42.6 Å². The van der Waals surface area contributed by atoms with Gasteiger partial charge >= 0.3 is 0 Å². The average molecular weight is 248 g/mol. The Morgan fingerprint density at radius 1 is 1.50 bits per heavy atom. The molecule has 2 aromatic rings. The Morgan fingerprint density at radius 3 is 3.00 bits per heavy atom. The summed E-state index contributed by atoms with van der Waals surface area (Å²) < 4.78 is 9.86. The molecular weight excluding hydrogens is 236 g/mol. The molecule has 0 atom stereocenters. The predicted octanol–water partition coefficient (Wildman–Crippen LogP) is 1.07. The van der Waals surface area contributed by atoms with Crippen molar-refractivity contribution in [2.75, 3.05) is 20.3 Å². The number of benzene rings is 1. The molecule has 0 unspecified atom stereocenters. The fourth-order valence-corrected chi connectivity index (χ4v) is 1.57. The summed E-state index contributed by atoms with van der Waals surface area (Å²) in [4.78, 5) is 24.0. The maximum Gasteiger partial charge on any atom is 0.283 e. The number of rotatable bonds is 5. The summed E-state index contributed by atoms with van der Waals surface area (Å²) in [6.45, 7) is 0.459. The maximum atomic E-state index is 12.1. The Kier molecular flexibility index (Phi) is 3.69. The van der Waals surface area contributed by atoms with Crippen molar-refractivity contribution in [3.63, 3.8) is 0 Å². The molecule has 18 heavy (non-hydrogen) atoms. The number of ether oxygens (including phenoxy) is 1. The van der Waals surface area contributed by atoms with Crippen LogP contribution >= 0.6 is 0 Å². The highest BCUT2D eigenvalue weighted by Gasteiger charge is 2.21. The molecule has 0 fully saturated rings. The molecule has 6 nitrogen and oxygen atoms in total. The molecule has 2 amide bonds. The molecule has 0 bridgehead atoms. The van der Waals surface area contributed by atoms with Crippen molar-refractivity contribution < 1.29 is 18.8 Å². The lowest BCUT2D eigenvalue weighted by Gasteiger charge is -2.12. The fraction of sp³-hybridized carbons (Fsp3) is 0.250. The van der Waals surface area contributed by atoms with Crippen LogP contribution in [0.25, 0.3) is 11.0 Å². The van der Waals surface area contributed by atoms with Gasteiger partial charge in [0.25, 0.3) is 5.91 Å². The first kappa shape index (κ1) is 12.3. The first-order chi connectivity index (χ1) is 8.77. The van der Waals surface area contributed by atoms with Gasteiger partial charge in [-0.3, -0.25) is 14.5 Å². The third-order valence-electron chi connectivity index (χ3n) is 2.50. The second-order valence-corrected chi connectivity index (χ2v) is 3.62. The Morgan fingerprint density at radius 2 is 2.28 bits per heavy atom. The van der Waals surface area contributed by atoms with E-state index in [4.69, 9.17) is 9.26 Å². The second-order valence-electron chi connectivity index (χ2n) is 3.62. The maximum absolute atomic E-state index is 12.1. The van der Waals surface area contributed by atoms with E-state index in [0.717, 1.165) is 4.90 Å². The minimum absolute atomic E-state index is 0.133. The molecule has 94 valence electrons. The molecule has 0 aliphatic carbocycles. The van der Waals surface area contributed by atoms with Crippen LogP contribution in [-0.2, 0) is 9.53 Å². The summed E-state index contributed by atoms with van der Waals surface area (Å²) in [5.41, 5.74) is 0.646. The molecule has 0 saturated heterocycles. The third-order valence-corrected chi connectivity index (χ3v) is 2.50. The summed E-state index contributed by atoms with van der Waals surface area (Å²) in [5, 5.41) is 4.30. The fourth-order valence-electron chi connectivity index (χ4n) is 1.57. The number of carbonyl (C=O) groups is 2. The number of imide groups is 1. The zero-order valence-electron chi connectivity index (χ0n) is 9.83. The Bertz CT molecular complexity index is 564. The highest BCUT2D eigenvalue weighted by atomic mass is 16.5. The van der Waals surface area contributed by atoms with Crippen molar-refractivity contribution in [3.05, 3.63) is 30.0 Å². The van der Waals surface area contributed by atoms with E-state index >= 15 is 0 Å². The Labute approximate surface area is 103 Å². The number of hydrogen-bond acceptors (Lipinski definition) is 5. The van der Waals surface area contributed by atoms with E-state index in [1.165, 1.54) is 7.11 Å². The van der Waals surface area contributed by atoms with Crippen molar-refractivity contribution in [2.45, 2.75) is 0 Å². The van der Waals surface area contributed by atoms with E-state index < -0.39 is 5.91 Å². The largest absolute Gasteiger partial charge is 0.383 e. The topological polar surface area (TPSA) is 72.6 Å². The molecular formula is C12H12N2O4. The first-order valence-electron chi connectivity index (χ1n) is 5.37. The number of fused-ring (bicyclic) bond motifs is 1. The summed E-state index contributed by atoms with van der Waals surface area (Å²) in [7, 11) is 1.50. The average Bonchev–Trinajstić information content (AvgIpc) is 2.83. The Hall–Kier alpha value is -2.21. The standard InChI is InChI=1S/C12H12N2O4/c1-17-7-6-14(8-15)12(16)11-9-4-2-3-5-10(9)18-13-11/h2-5,8H,6-7H2,1H3. The van der Waals surface area contributed by atoms with Gasteiger partial charge in [-0.15, -0.1) is 0 Å². The van der Waals surface area contributed by atoms with Crippen molar-refractivity contribution >= 4 is 23.3 Å². The number of hydrogen-bond donors (Lipinski definition) is 0. The summed E-state index contributed by atoms with van der Waals surface area (Å²) in [6.07, 6.45) is 0.463. The van der Waals surface area contributed by atoms with Crippen molar-refractivity contribution in [1.82, 2.24) is 10.1 Å². The van der Waals surface area contributed by atoms with Gasteiger partial charge in [-0.2, -0.15) is 0 Å². The van der Waals surface area contributed by atoms with Gasteiger partial charge in [0.1, 0.15) is 0 Å². The lowest BCUT2D eigenvalue weighted by molar-refractivity contribution is -0.116. The molecule has 6 heteroatoms. The molecule has 1 aromatic carbocycles. The lowest BCUT2D eigenvalue weighted by atomic mass is 10.2. The summed E-state index contributed by atoms with van der Waals surface area (Å²) >= 11 is 0.